The first-order valence-corrected chi connectivity index (χ1v) is 6.72. The molecule has 0 saturated carbocycles. The Hall–Kier alpha value is -0.770. The summed E-state index contributed by atoms with van der Waals surface area (Å²) < 4.78 is 5.19. The minimum absolute atomic E-state index is 0.0423. The van der Waals surface area contributed by atoms with E-state index in [2.05, 4.69) is 18.7 Å². The van der Waals surface area contributed by atoms with E-state index in [-0.39, 0.29) is 12.2 Å². The molecule has 0 radical (unpaired) electrons. The number of carbonyl (C=O) groups excluding carboxylic acids is 1. The quantitative estimate of drug-likeness (QED) is 0.658. The first-order chi connectivity index (χ1) is 8.04. The summed E-state index contributed by atoms with van der Waals surface area (Å²) in [6.45, 7) is 14.7. The van der Waals surface area contributed by atoms with Crippen LogP contribution in [0.5, 0.6) is 0 Å². The minimum Gasteiger partial charge on any atom is -0.447 e. The maximum absolute atomic E-state index is 11.7. The van der Waals surface area contributed by atoms with Crippen molar-refractivity contribution >= 4 is 6.09 Å². The van der Waals surface area contributed by atoms with Crippen molar-refractivity contribution in [3.63, 3.8) is 0 Å². The highest BCUT2D eigenvalue weighted by atomic mass is 16.6. The van der Waals surface area contributed by atoms with Crippen LogP contribution in [0.1, 0.15) is 41.0 Å². The summed E-state index contributed by atoms with van der Waals surface area (Å²) in [5.74, 6) is 0. The van der Waals surface area contributed by atoms with Crippen molar-refractivity contribution in [3.8, 4) is 0 Å². The largest absolute Gasteiger partial charge is 0.447 e. The summed E-state index contributed by atoms with van der Waals surface area (Å²) in [7, 11) is 0. The number of carbonyl (C=O) groups is 1. The Labute approximate surface area is 106 Å². The van der Waals surface area contributed by atoms with Crippen molar-refractivity contribution in [3.05, 3.63) is 0 Å². The average molecular weight is 244 g/mol. The third-order valence-corrected chi connectivity index (χ3v) is 2.77. The topological polar surface area (TPSA) is 32.8 Å². The van der Waals surface area contributed by atoms with Crippen LogP contribution >= 0.6 is 0 Å². The molecule has 0 saturated heterocycles. The SMILES string of the molecule is CCN(CC)CCCN(CC)C(=O)OC(C)C. The van der Waals surface area contributed by atoms with Crippen molar-refractivity contribution in [1.29, 1.82) is 0 Å². The van der Waals surface area contributed by atoms with Gasteiger partial charge in [-0.15, -0.1) is 0 Å². The molecule has 0 atom stereocenters. The predicted molar refractivity (Wildman–Crippen MR) is 71.3 cm³/mol. The highest BCUT2D eigenvalue weighted by Crippen LogP contribution is 2.01. The van der Waals surface area contributed by atoms with Gasteiger partial charge in [-0.2, -0.15) is 0 Å². The summed E-state index contributed by atoms with van der Waals surface area (Å²) in [6.07, 6.45) is 0.768. The van der Waals surface area contributed by atoms with Gasteiger partial charge in [0.15, 0.2) is 0 Å². The van der Waals surface area contributed by atoms with E-state index >= 15 is 0 Å². The molecule has 0 aliphatic rings. The summed E-state index contributed by atoms with van der Waals surface area (Å²) in [4.78, 5) is 15.8. The molecule has 0 aliphatic heterocycles. The van der Waals surface area contributed by atoms with E-state index in [0.29, 0.717) is 6.54 Å². The zero-order chi connectivity index (χ0) is 13.3. The molecule has 4 heteroatoms. The highest BCUT2D eigenvalue weighted by Gasteiger charge is 2.14. The Bertz CT molecular complexity index is 204. The van der Waals surface area contributed by atoms with E-state index < -0.39 is 0 Å². The zero-order valence-corrected chi connectivity index (χ0v) is 12.0. The second kappa shape index (κ2) is 9.28. The average Bonchev–Trinajstić information content (AvgIpc) is 2.28. The van der Waals surface area contributed by atoms with E-state index in [1.54, 1.807) is 4.90 Å². The molecular formula is C13H28N2O2. The molecule has 1 amide bonds. The highest BCUT2D eigenvalue weighted by molar-refractivity contribution is 5.67. The maximum Gasteiger partial charge on any atom is 0.409 e. The van der Waals surface area contributed by atoms with Crippen molar-refractivity contribution in [2.24, 2.45) is 0 Å². The molecule has 0 aromatic carbocycles. The minimum atomic E-state index is -0.193. The maximum atomic E-state index is 11.7. The van der Waals surface area contributed by atoms with Gasteiger partial charge in [0.05, 0.1) is 6.10 Å². The fraction of sp³-hybridized carbons (Fsp3) is 0.923. The van der Waals surface area contributed by atoms with E-state index in [0.717, 1.165) is 32.6 Å². The molecule has 0 spiro atoms. The van der Waals surface area contributed by atoms with E-state index in [4.69, 9.17) is 4.74 Å². The van der Waals surface area contributed by atoms with Crippen molar-refractivity contribution in [2.45, 2.75) is 47.1 Å². The van der Waals surface area contributed by atoms with Crippen LogP contribution in [0, 0.1) is 0 Å². The second-order valence-corrected chi connectivity index (χ2v) is 4.39. The summed E-state index contributed by atoms with van der Waals surface area (Å²) in [5.41, 5.74) is 0. The molecule has 0 aromatic rings. The first-order valence-electron chi connectivity index (χ1n) is 6.72. The molecule has 0 aromatic heterocycles. The van der Waals surface area contributed by atoms with Crippen LogP contribution in [-0.4, -0.2) is 54.7 Å². The monoisotopic (exact) mass is 244 g/mol. The van der Waals surface area contributed by atoms with Gasteiger partial charge in [0, 0.05) is 13.1 Å². The smallest absolute Gasteiger partial charge is 0.409 e. The van der Waals surface area contributed by atoms with Crippen LogP contribution < -0.4 is 0 Å². The van der Waals surface area contributed by atoms with Crippen LogP contribution in [0.25, 0.3) is 0 Å². The zero-order valence-electron chi connectivity index (χ0n) is 12.0. The van der Waals surface area contributed by atoms with Gasteiger partial charge in [-0.25, -0.2) is 4.79 Å². The lowest BCUT2D eigenvalue weighted by Crippen LogP contribution is -2.35. The normalized spacial score (nSPS) is 11.0. The van der Waals surface area contributed by atoms with E-state index in [1.807, 2.05) is 20.8 Å². The van der Waals surface area contributed by atoms with Gasteiger partial charge in [-0.1, -0.05) is 13.8 Å². The molecule has 0 bridgehead atoms. The van der Waals surface area contributed by atoms with Gasteiger partial charge in [0.25, 0.3) is 0 Å². The van der Waals surface area contributed by atoms with Gasteiger partial charge in [0.1, 0.15) is 0 Å². The first kappa shape index (κ1) is 16.2. The molecule has 102 valence electrons. The lowest BCUT2D eigenvalue weighted by Gasteiger charge is -2.24. The van der Waals surface area contributed by atoms with Crippen molar-refractivity contribution in [2.75, 3.05) is 32.7 Å². The number of hydrogen-bond donors (Lipinski definition) is 0. The molecule has 17 heavy (non-hydrogen) atoms. The number of rotatable bonds is 8. The Morgan fingerprint density at radius 3 is 2.06 bits per heavy atom. The van der Waals surface area contributed by atoms with Gasteiger partial charge in [-0.05, 0) is 46.8 Å². The fourth-order valence-corrected chi connectivity index (χ4v) is 1.68. The van der Waals surface area contributed by atoms with Crippen molar-refractivity contribution < 1.29 is 9.53 Å². The molecule has 0 heterocycles. The lowest BCUT2D eigenvalue weighted by atomic mass is 10.3. The third kappa shape index (κ3) is 7.21. The van der Waals surface area contributed by atoms with Crippen LogP contribution in [0.4, 0.5) is 4.79 Å². The Balaban J connectivity index is 3.93. The number of hydrogen-bond acceptors (Lipinski definition) is 3. The number of amides is 1. The Morgan fingerprint density at radius 1 is 1.06 bits per heavy atom. The fourth-order valence-electron chi connectivity index (χ4n) is 1.68. The molecule has 0 N–H and O–H groups in total. The number of nitrogens with zero attached hydrogens (tertiary/aromatic N) is 2. The molecule has 0 unspecified atom stereocenters. The predicted octanol–water partition coefficient (Wildman–Crippen LogP) is 2.59. The van der Waals surface area contributed by atoms with E-state index in [1.165, 1.54) is 0 Å². The van der Waals surface area contributed by atoms with Gasteiger partial charge >= 0.3 is 6.09 Å². The van der Waals surface area contributed by atoms with Crippen LogP contribution in [0.2, 0.25) is 0 Å². The summed E-state index contributed by atoms with van der Waals surface area (Å²) >= 11 is 0. The Morgan fingerprint density at radius 2 is 1.65 bits per heavy atom. The van der Waals surface area contributed by atoms with Crippen molar-refractivity contribution in [1.82, 2.24) is 9.80 Å². The molecule has 0 fully saturated rings. The van der Waals surface area contributed by atoms with Gasteiger partial charge < -0.3 is 14.5 Å². The van der Waals surface area contributed by atoms with Crippen LogP contribution in [0.3, 0.4) is 0 Å². The molecule has 4 nitrogen and oxygen atoms in total. The molecule has 0 rings (SSSR count). The lowest BCUT2D eigenvalue weighted by molar-refractivity contribution is 0.0771. The molecule has 0 aliphatic carbocycles. The Kier molecular flexibility index (Phi) is 8.86. The second-order valence-electron chi connectivity index (χ2n) is 4.39. The van der Waals surface area contributed by atoms with E-state index in [9.17, 15) is 4.79 Å². The standard InChI is InChI=1S/C13H28N2O2/c1-6-14(7-2)10-9-11-15(8-3)13(16)17-12(4)5/h12H,6-11H2,1-5H3. The molecular weight excluding hydrogens is 216 g/mol. The third-order valence-electron chi connectivity index (χ3n) is 2.77. The van der Waals surface area contributed by atoms with Gasteiger partial charge in [0.2, 0.25) is 0 Å². The summed E-state index contributed by atoms with van der Waals surface area (Å²) in [5, 5.41) is 0. The van der Waals surface area contributed by atoms with Crippen LogP contribution in [0.15, 0.2) is 0 Å². The van der Waals surface area contributed by atoms with Gasteiger partial charge in [-0.3, -0.25) is 0 Å². The number of ether oxygens (including phenoxy) is 1. The summed E-state index contributed by atoms with van der Waals surface area (Å²) in [6, 6.07) is 0. The van der Waals surface area contributed by atoms with Crippen LogP contribution in [-0.2, 0) is 4.74 Å².